The van der Waals surface area contributed by atoms with Crippen LogP contribution in [0.15, 0.2) is 0 Å². The van der Waals surface area contributed by atoms with Crippen LogP contribution in [0.2, 0.25) is 0 Å². The van der Waals surface area contributed by atoms with Crippen LogP contribution in [0, 0.1) is 5.41 Å². The van der Waals surface area contributed by atoms with Crippen molar-refractivity contribution in [1.29, 1.82) is 0 Å². The quantitative estimate of drug-likeness (QED) is 0.610. The number of hydrogen-bond acceptors (Lipinski definition) is 2. The number of ether oxygens (including phenoxy) is 1. The van der Waals surface area contributed by atoms with E-state index in [-0.39, 0.29) is 0 Å². The van der Waals surface area contributed by atoms with E-state index in [9.17, 15) is 0 Å². The molecule has 0 aliphatic carbocycles. The van der Waals surface area contributed by atoms with Crippen molar-refractivity contribution in [3.63, 3.8) is 0 Å². The van der Waals surface area contributed by atoms with Crippen molar-refractivity contribution in [1.82, 2.24) is 5.32 Å². The lowest BCUT2D eigenvalue weighted by Crippen LogP contribution is -2.26. The Morgan fingerprint density at radius 1 is 1.19 bits per heavy atom. The minimum Gasteiger partial charge on any atom is -0.381 e. The zero-order chi connectivity index (χ0) is 12.4. The summed E-state index contributed by atoms with van der Waals surface area (Å²) in [7, 11) is 0. The van der Waals surface area contributed by atoms with Crippen LogP contribution in [0.5, 0.6) is 0 Å². The monoisotopic (exact) mass is 229 g/mol. The van der Waals surface area contributed by atoms with Gasteiger partial charge in [-0.25, -0.2) is 0 Å². The lowest BCUT2D eigenvalue weighted by Gasteiger charge is -2.18. The first-order valence-electron chi connectivity index (χ1n) is 6.77. The molecule has 0 saturated carbocycles. The second-order valence-corrected chi connectivity index (χ2v) is 5.92. The zero-order valence-corrected chi connectivity index (χ0v) is 11.9. The molecule has 0 bridgehead atoms. The highest BCUT2D eigenvalue weighted by atomic mass is 16.5. The largest absolute Gasteiger partial charge is 0.381 e. The fraction of sp³-hybridized carbons (Fsp3) is 1.00. The predicted octanol–water partition coefficient (Wildman–Crippen LogP) is 3.61. The highest BCUT2D eigenvalue weighted by Gasteiger charge is 2.09. The molecular weight excluding hydrogens is 198 g/mol. The molecule has 2 heteroatoms. The highest BCUT2D eigenvalue weighted by Crippen LogP contribution is 2.17. The van der Waals surface area contributed by atoms with Crippen LogP contribution in [0.1, 0.15) is 60.3 Å². The van der Waals surface area contributed by atoms with Gasteiger partial charge in [-0.1, -0.05) is 27.7 Å². The van der Waals surface area contributed by atoms with Crippen LogP contribution >= 0.6 is 0 Å². The van der Waals surface area contributed by atoms with Gasteiger partial charge in [-0.05, 0) is 44.6 Å². The number of hydrogen-bond donors (Lipinski definition) is 1. The van der Waals surface area contributed by atoms with Gasteiger partial charge in [-0.2, -0.15) is 0 Å². The third kappa shape index (κ3) is 12.0. The minimum absolute atomic E-state index is 0.399. The van der Waals surface area contributed by atoms with E-state index in [1.165, 1.54) is 19.3 Å². The second-order valence-electron chi connectivity index (χ2n) is 5.92. The molecule has 0 aromatic carbocycles. The molecule has 0 amide bonds. The Bertz CT molecular complexity index is 151. The summed E-state index contributed by atoms with van der Waals surface area (Å²) < 4.78 is 5.64. The van der Waals surface area contributed by atoms with Gasteiger partial charge in [0.1, 0.15) is 0 Å². The summed E-state index contributed by atoms with van der Waals surface area (Å²) in [4.78, 5) is 0. The second kappa shape index (κ2) is 9.00. The van der Waals surface area contributed by atoms with Gasteiger partial charge in [0.05, 0.1) is 0 Å². The number of rotatable bonds is 9. The van der Waals surface area contributed by atoms with E-state index in [1.54, 1.807) is 0 Å². The van der Waals surface area contributed by atoms with Crippen LogP contribution in [0.3, 0.4) is 0 Å². The van der Waals surface area contributed by atoms with Gasteiger partial charge in [0.25, 0.3) is 0 Å². The Kier molecular flexibility index (Phi) is 8.96. The summed E-state index contributed by atoms with van der Waals surface area (Å²) in [6, 6.07) is 0.631. The van der Waals surface area contributed by atoms with Crippen LogP contribution < -0.4 is 5.32 Å². The van der Waals surface area contributed by atoms with Gasteiger partial charge >= 0.3 is 0 Å². The van der Waals surface area contributed by atoms with Crippen molar-refractivity contribution in [2.45, 2.75) is 66.3 Å². The van der Waals surface area contributed by atoms with Crippen LogP contribution in [-0.4, -0.2) is 25.8 Å². The van der Waals surface area contributed by atoms with E-state index in [0.717, 1.165) is 26.2 Å². The van der Waals surface area contributed by atoms with Crippen molar-refractivity contribution in [2.24, 2.45) is 5.41 Å². The molecule has 2 nitrogen and oxygen atoms in total. The van der Waals surface area contributed by atoms with E-state index < -0.39 is 0 Å². The topological polar surface area (TPSA) is 21.3 Å². The molecule has 98 valence electrons. The Labute approximate surface area is 102 Å². The molecule has 0 spiro atoms. The summed E-state index contributed by atoms with van der Waals surface area (Å²) in [6.45, 7) is 14.2. The molecule has 1 atom stereocenters. The molecule has 1 unspecified atom stereocenters. The summed E-state index contributed by atoms with van der Waals surface area (Å²) in [5, 5.41) is 3.49. The van der Waals surface area contributed by atoms with Crippen LogP contribution in [-0.2, 0) is 4.74 Å². The zero-order valence-electron chi connectivity index (χ0n) is 11.9. The highest BCUT2D eigenvalue weighted by molar-refractivity contribution is 4.61. The molecular formula is C14H31NO. The Morgan fingerprint density at radius 2 is 1.88 bits per heavy atom. The molecule has 0 aliphatic rings. The van der Waals surface area contributed by atoms with Gasteiger partial charge in [0.15, 0.2) is 0 Å². The SMILES string of the molecule is CCCNC(C)CCCOCCC(C)(C)C. The van der Waals surface area contributed by atoms with Gasteiger partial charge in [-0.3, -0.25) is 0 Å². The van der Waals surface area contributed by atoms with E-state index in [2.05, 4.69) is 39.9 Å². The molecule has 1 N–H and O–H groups in total. The molecule has 0 heterocycles. The Morgan fingerprint density at radius 3 is 2.44 bits per heavy atom. The minimum atomic E-state index is 0.399. The lowest BCUT2D eigenvalue weighted by atomic mass is 9.93. The predicted molar refractivity (Wildman–Crippen MR) is 71.9 cm³/mol. The number of nitrogens with one attached hydrogen (secondary N) is 1. The summed E-state index contributed by atoms with van der Waals surface area (Å²) in [5.74, 6) is 0. The van der Waals surface area contributed by atoms with Crippen molar-refractivity contribution in [3.05, 3.63) is 0 Å². The summed E-state index contributed by atoms with van der Waals surface area (Å²) >= 11 is 0. The fourth-order valence-corrected chi connectivity index (χ4v) is 1.46. The molecule has 0 aromatic rings. The van der Waals surface area contributed by atoms with Crippen LogP contribution in [0.25, 0.3) is 0 Å². The molecule has 16 heavy (non-hydrogen) atoms. The average molecular weight is 229 g/mol. The first-order chi connectivity index (χ1) is 7.45. The van der Waals surface area contributed by atoms with Gasteiger partial charge < -0.3 is 10.1 Å². The van der Waals surface area contributed by atoms with E-state index in [4.69, 9.17) is 4.74 Å². The van der Waals surface area contributed by atoms with Gasteiger partial charge in [0.2, 0.25) is 0 Å². The van der Waals surface area contributed by atoms with E-state index >= 15 is 0 Å². The Hall–Kier alpha value is -0.0800. The maximum atomic E-state index is 5.64. The summed E-state index contributed by atoms with van der Waals surface area (Å²) in [6.07, 6.45) is 4.75. The van der Waals surface area contributed by atoms with Crippen LogP contribution in [0.4, 0.5) is 0 Å². The third-order valence-electron chi connectivity index (χ3n) is 2.67. The first-order valence-corrected chi connectivity index (χ1v) is 6.77. The molecule has 0 radical (unpaired) electrons. The normalized spacial score (nSPS) is 14.1. The third-order valence-corrected chi connectivity index (χ3v) is 2.67. The smallest absolute Gasteiger partial charge is 0.0471 e. The molecule has 0 aliphatic heterocycles. The Balaban J connectivity index is 3.20. The molecule has 0 aromatic heterocycles. The standard InChI is InChI=1S/C14H31NO/c1-6-10-15-13(2)8-7-11-16-12-9-14(3,4)5/h13,15H,6-12H2,1-5H3. The summed E-state index contributed by atoms with van der Waals surface area (Å²) in [5.41, 5.74) is 0.399. The maximum Gasteiger partial charge on any atom is 0.0471 e. The molecule has 0 saturated heterocycles. The fourth-order valence-electron chi connectivity index (χ4n) is 1.46. The van der Waals surface area contributed by atoms with E-state index in [1.807, 2.05) is 0 Å². The maximum absolute atomic E-state index is 5.64. The van der Waals surface area contributed by atoms with Crippen molar-refractivity contribution in [2.75, 3.05) is 19.8 Å². The van der Waals surface area contributed by atoms with Crippen molar-refractivity contribution >= 4 is 0 Å². The van der Waals surface area contributed by atoms with Gasteiger partial charge in [-0.15, -0.1) is 0 Å². The lowest BCUT2D eigenvalue weighted by molar-refractivity contribution is 0.104. The van der Waals surface area contributed by atoms with Gasteiger partial charge in [0, 0.05) is 19.3 Å². The first kappa shape index (κ1) is 15.9. The van der Waals surface area contributed by atoms with Crippen molar-refractivity contribution < 1.29 is 4.74 Å². The molecule has 0 rings (SSSR count). The molecule has 0 fully saturated rings. The average Bonchev–Trinajstić information content (AvgIpc) is 2.18. The van der Waals surface area contributed by atoms with E-state index in [0.29, 0.717) is 11.5 Å². The van der Waals surface area contributed by atoms with Crippen molar-refractivity contribution in [3.8, 4) is 0 Å².